The van der Waals surface area contributed by atoms with Gasteiger partial charge in [0.15, 0.2) is 0 Å². The summed E-state index contributed by atoms with van der Waals surface area (Å²) in [5.74, 6) is 4.82. The van der Waals surface area contributed by atoms with Crippen LogP contribution >= 0.6 is 0 Å². The molecule has 1 amide bonds. The van der Waals surface area contributed by atoms with Crippen molar-refractivity contribution in [2.24, 2.45) is 5.90 Å². The summed E-state index contributed by atoms with van der Waals surface area (Å²) in [6.45, 7) is 9.63. The number of amides is 1. The minimum absolute atomic E-state index is 0.165. The van der Waals surface area contributed by atoms with Gasteiger partial charge in [0.2, 0.25) is 0 Å². The van der Waals surface area contributed by atoms with Crippen molar-refractivity contribution in [3.8, 4) is 0 Å². The predicted octanol–water partition coefficient (Wildman–Crippen LogP) is 0.413. The first-order valence-electron chi connectivity index (χ1n) is 4.86. The molecule has 0 aliphatic carbocycles. The fourth-order valence-electron chi connectivity index (χ4n) is 1.63. The van der Waals surface area contributed by atoms with E-state index < -0.39 is 6.09 Å². The molecule has 2 N–H and O–H groups in total. The number of carbonyl (C=O) groups is 1. The van der Waals surface area contributed by atoms with Crippen molar-refractivity contribution in [2.75, 3.05) is 26.2 Å². The Labute approximate surface area is 84.7 Å². The summed E-state index contributed by atoms with van der Waals surface area (Å²) in [5, 5.41) is 0. The molecule has 0 aromatic carbocycles. The Bertz CT molecular complexity index is 205. The molecule has 1 aliphatic heterocycles. The Morgan fingerprint density at radius 3 is 2.07 bits per heavy atom. The van der Waals surface area contributed by atoms with E-state index in [1.54, 1.807) is 4.90 Å². The van der Waals surface area contributed by atoms with Gasteiger partial charge < -0.3 is 9.74 Å². The molecule has 5 nitrogen and oxygen atoms in total. The average Bonchev–Trinajstić information content (AvgIpc) is 2.15. The molecule has 0 saturated carbocycles. The van der Waals surface area contributed by atoms with E-state index in [4.69, 9.17) is 5.90 Å². The highest BCUT2D eigenvalue weighted by molar-refractivity contribution is 5.67. The number of nitrogens with zero attached hydrogens (tertiary/aromatic N) is 2. The van der Waals surface area contributed by atoms with Crippen molar-refractivity contribution in [2.45, 2.75) is 26.3 Å². The third-order valence-corrected chi connectivity index (χ3v) is 2.59. The second-order valence-corrected chi connectivity index (χ2v) is 4.53. The van der Waals surface area contributed by atoms with Gasteiger partial charge in [-0.3, -0.25) is 4.90 Å². The van der Waals surface area contributed by atoms with E-state index in [1.165, 1.54) is 0 Å². The number of hydrogen-bond donors (Lipinski definition) is 1. The molecule has 14 heavy (non-hydrogen) atoms. The van der Waals surface area contributed by atoms with Gasteiger partial charge >= 0.3 is 6.09 Å². The molecule has 0 radical (unpaired) electrons. The fraction of sp³-hybridized carbons (Fsp3) is 0.889. The maximum absolute atomic E-state index is 11.1. The first-order chi connectivity index (χ1) is 6.45. The molecule has 0 aromatic heterocycles. The van der Waals surface area contributed by atoms with E-state index in [0.29, 0.717) is 13.1 Å². The van der Waals surface area contributed by atoms with Gasteiger partial charge in [0.05, 0.1) is 0 Å². The van der Waals surface area contributed by atoms with Gasteiger partial charge in [-0.2, -0.15) is 5.90 Å². The topological polar surface area (TPSA) is 58.8 Å². The Morgan fingerprint density at radius 1 is 1.21 bits per heavy atom. The average molecular weight is 201 g/mol. The summed E-state index contributed by atoms with van der Waals surface area (Å²) >= 11 is 0. The van der Waals surface area contributed by atoms with Crippen molar-refractivity contribution >= 4 is 6.09 Å². The number of piperazine rings is 1. The lowest BCUT2D eigenvalue weighted by atomic mass is 10.1. The minimum atomic E-state index is -0.432. The van der Waals surface area contributed by atoms with E-state index in [1.807, 2.05) is 0 Å². The van der Waals surface area contributed by atoms with Crippen LogP contribution in [0.15, 0.2) is 0 Å². The van der Waals surface area contributed by atoms with Crippen LogP contribution in [-0.2, 0) is 4.84 Å². The second kappa shape index (κ2) is 4.14. The molecule has 82 valence electrons. The van der Waals surface area contributed by atoms with Gasteiger partial charge in [-0.1, -0.05) is 0 Å². The van der Waals surface area contributed by atoms with Crippen LogP contribution in [0.25, 0.3) is 0 Å². The maximum Gasteiger partial charge on any atom is 0.428 e. The number of carbonyl (C=O) groups excluding carboxylic acids is 1. The summed E-state index contributed by atoms with van der Waals surface area (Å²) in [6.07, 6.45) is -0.432. The molecule has 1 aliphatic rings. The normalized spacial score (nSPS) is 19.6. The van der Waals surface area contributed by atoms with Gasteiger partial charge in [0.25, 0.3) is 0 Å². The van der Waals surface area contributed by atoms with Crippen molar-refractivity contribution in [1.82, 2.24) is 9.80 Å². The lowest BCUT2D eigenvalue weighted by Crippen LogP contribution is -2.54. The van der Waals surface area contributed by atoms with Gasteiger partial charge in [0.1, 0.15) is 0 Å². The first kappa shape index (κ1) is 11.3. The quantitative estimate of drug-likeness (QED) is 0.577. The monoisotopic (exact) mass is 201 g/mol. The maximum atomic E-state index is 11.1. The van der Waals surface area contributed by atoms with Crippen LogP contribution in [0.3, 0.4) is 0 Å². The Kier molecular flexibility index (Phi) is 3.34. The molecule has 0 bridgehead atoms. The zero-order valence-electron chi connectivity index (χ0n) is 9.12. The molecule has 0 atom stereocenters. The van der Waals surface area contributed by atoms with Crippen molar-refractivity contribution in [3.63, 3.8) is 0 Å². The predicted molar refractivity (Wildman–Crippen MR) is 53.6 cm³/mol. The van der Waals surface area contributed by atoms with E-state index in [9.17, 15) is 4.79 Å². The Balaban J connectivity index is 2.43. The largest absolute Gasteiger partial charge is 0.428 e. The van der Waals surface area contributed by atoms with Gasteiger partial charge in [-0.05, 0) is 20.8 Å². The van der Waals surface area contributed by atoms with Gasteiger partial charge in [-0.25, -0.2) is 4.79 Å². The van der Waals surface area contributed by atoms with Gasteiger partial charge in [-0.15, -0.1) is 0 Å². The molecule has 5 heteroatoms. The van der Waals surface area contributed by atoms with Crippen molar-refractivity contribution in [1.29, 1.82) is 0 Å². The first-order valence-corrected chi connectivity index (χ1v) is 4.86. The van der Waals surface area contributed by atoms with Crippen LogP contribution in [0.1, 0.15) is 20.8 Å². The fourth-order valence-corrected chi connectivity index (χ4v) is 1.63. The van der Waals surface area contributed by atoms with Crippen LogP contribution in [0.5, 0.6) is 0 Å². The zero-order valence-corrected chi connectivity index (χ0v) is 9.12. The third kappa shape index (κ3) is 2.59. The molecule has 0 spiro atoms. The summed E-state index contributed by atoms with van der Waals surface area (Å²) < 4.78 is 0. The SMILES string of the molecule is CC(C)(C)N1CCN(C(=O)ON)CC1. The van der Waals surface area contributed by atoms with E-state index in [0.717, 1.165) is 13.1 Å². The number of nitrogens with two attached hydrogens (primary N) is 1. The summed E-state index contributed by atoms with van der Waals surface area (Å²) in [7, 11) is 0. The molecule has 1 rings (SSSR count). The van der Waals surface area contributed by atoms with E-state index >= 15 is 0 Å². The van der Waals surface area contributed by atoms with Crippen molar-refractivity contribution < 1.29 is 9.63 Å². The molecular weight excluding hydrogens is 182 g/mol. The summed E-state index contributed by atoms with van der Waals surface area (Å²) in [4.78, 5) is 19.2. The van der Waals surface area contributed by atoms with Crippen LogP contribution in [0.2, 0.25) is 0 Å². The van der Waals surface area contributed by atoms with Gasteiger partial charge in [0, 0.05) is 31.7 Å². The number of hydrogen-bond acceptors (Lipinski definition) is 4. The summed E-state index contributed by atoms with van der Waals surface area (Å²) in [6, 6.07) is 0. The summed E-state index contributed by atoms with van der Waals surface area (Å²) in [5.41, 5.74) is 0.165. The lowest BCUT2D eigenvalue weighted by molar-refractivity contribution is 0.0457. The van der Waals surface area contributed by atoms with E-state index in [2.05, 4.69) is 30.5 Å². The Hall–Kier alpha value is -0.810. The highest BCUT2D eigenvalue weighted by Gasteiger charge is 2.28. The van der Waals surface area contributed by atoms with Crippen LogP contribution in [-0.4, -0.2) is 47.6 Å². The van der Waals surface area contributed by atoms with Crippen LogP contribution in [0.4, 0.5) is 4.79 Å². The van der Waals surface area contributed by atoms with Crippen LogP contribution in [0, 0.1) is 0 Å². The minimum Gasteiger partial charge on any atom is -0.357 e. The standard InChI is InChI=1S/C9H19N3O2/c1-9(2,3)12-6-4-11(5-7-12)8(13)14-10/h4-7,10H2,1-3H3. The molecular formula is C9H19N3O2. The second-order valence-electron chi connectivity index (χ2n) is 4.53. The van der Waals surface area contributed by atoms with E-state index in [-0.39, 0.29) is 5.54 Å². The highest BCUT2D eigenvalue weighted by Crippen LogP contribution is 2.15. The van der Waals surface area contributed by atoms with Crippen molar-refractivity contribution in [3.05, 3.63) is 0 Å². The number of rotatable bonds is 0. The molecule has 1 heterocycles. The highest BCUT2D eigenvalue weighted by atomic mass is 16.7. The van der Waals surface area contributed by atoms with Crippen LogP contribution < -0.4 is 5.90 Å². The lowest BCUT2D eigenvalue weighted by Gasteiger charge is -2.41. The molecule has 1 saturated heterocycles. The third-order valence-electron chi connectivity index (χ3n) is 2.59. The molecule has 0 aromatic rings. The Morgan fingerprint density at radius 2 is 1.71 bits per heavy atom. The zero-order chi connectivity index (χ0) is 10.8. The molecule has 0 unspecified atom stereocenters. The molecule has 1 fully saturated rings. The smallest absolute Gasteiger partial charge is 0.357 e.